The van der Waals surface area contributed by atoms with Crippen molar-refractivity contribution in [2.45, 2.75) is 19.8 Å². The zero-order valence-electron chi connectivity index (χ0n) is 16.3. The molecule has 0 aliphatic carbocycles. The van der Waals surface area contributed by atoms with Gasteiger partial charge >= 0.3 is 0 Å². The molecule has 0 radical (unpaired) electrons. The van der Waals surface area contributed by atoms with Crippen molar-refractivity contribution in [2.24, 2.45) is 5.92 Å². The Labute approximate surface area is 161 Å². The molecule has 0 bridgehead atoms. The Morgan fingerprint density at radius 2 is 2.11 bits per heavy atom. The summed E-state index contributed by atoms with van der Waals surface area (Å²) in [5, 5.41) is 3.10. The van der Waals surface area contributed by atoms with Gasteiger partial charge in [0.1, 0.15) is 0 Å². The molecule has 1 saturated heterocycles. The van der Waals surface area contributed by atoms with E-state index in [4.69, 9.17) is 4.74 Å². The number of amides is 1. The number of carbonyl (C=O) groups excluding carboxylic acids is 1. The lowest BCUT2D eigenvalue weighted by atomic mass is 10.0. The van der Waals surface area contributed by atoms with Crippen LogP contribution in [0.25, 0.3) is 11.1 Å². The number of carbonyl (C=O) groups is 1. The molecule has 144 valence electrons. The Kier molecular flexibility index (Phi) is 6.96. The molecule has 5 heteroatoms. The second kappa shape index (κ2) is 9.62. The van der Waals surface area contributed by atoms with Gasteiger partial charge in [-0.05, 0) is 67.1 Å². The van der Waals surface area contributed by atoms with Crippen LogP contribution in [0, 0.1) is 12.8 Å². The predicted octanol–water partition coefficient (Wildman–Crippen LogP) is 3.15. The molecular formula is C22H29N3O2. The van der Waals surface area contributed by atoms with E-state index in [1.807, 2.05) is 43.5 Å². The molecule has 27 heavy (non-hydrogen) atoms. The summed E-state index contributed by atoms with van der Waals surface area (Å²) >= 11 is 0. The normalized spacial score (nSPS) is 17.2. The lowest BCUT2D eigenvalue weighted by Crippen LogP contribution is -2.31. The highest BCUT2D eigenvalue weighted by Gasteiger charge is 2.22. The lowest BCUT2D eigenvalue weighted by molar-refractivity contribution is 0.0947. The molecule has 3 rings (SSSR count). The third-order valence-electron chi connectivity index (χ3n) is 5.22. The number of nitrogens with one attached hydrogen (secondary N) is 1. The van der Waals surface area contributed by atoms with E-state index in [2.05, 4.69) is 15.2 Å². The summed E-state index contributed by atoms with van der Waals surface area (Å²) < 4.78 is 5.11. The van der Waals surface area contributed by atoms with Crippen molar-refractivity contribution in [3.63, 3.8) is 0 Å². The number of pyridine rings is 1. The van der Waals surface area contributed by atoms with E-state index in [1.165, 1.54) is 0 Å². The Hall–Kier alpha value is -2.24. The van der Waals surface area contributed by atoms with Crippen molar-refractivity contribution in [2.75, 3.05) is 39.9 Å². The minimum atomic E-state index is 0.00540. The first kappa shape index (κ1) is 19.5. The van der Waals surface area contributed by atoms with Crippen LogP contribution in [0.4, 0.5) is 0 Å². The highest BCUT2D eigenvalue weighted by atomic mass is 16.5. The molecule has 1 aromatic heterocycles. The van der Waals surface area contributed by atoms with Gasteiger partial charge in [-0.3, -0.25) is 9.78 Å². The van der Waals surface area contributed by atoms with E-state index in [1.54, 1.807) is 13.3 Å². The van der Waals surface area contributed by atoms with E-state index in [-0.39, 0.29) is 5.91 Å². The zero-order valence-corrected chi connectivity index (χ0v) is 16.3. The second-order valence-electron chi connectivity index (χ2n) is 7.28. The van der Waals surface area contributed by atoms with Crippen LogP contribution in [0.5, 0.6) is 0 Å². The number of benzene rings is 1. The van der Waals surface area contributed by atoms with Crippen molar-refractivity contribution in [1.82, 2.24) is 15.2 Å². The molecule has 5 nitrogen and oxygen atoms in total. The quantitative estimate of drug-likeness (QED) is 0.728. The van der Waals surface area contributed by atoms with Crippen LogP contribution in [0.1, 0.15) is 28.8 Å². The number of aryl methyl sites for hydroxylation is 1. The van der Waals surface area contributed by atoms with Crippen LogP contribution in [0.2, 0.25) is 0 Å². The molecule has 1 amide bonds. The second-order valence-corrected chi connectivity index (χ2v) is 7.28. The SMILES string of the molecule is COCCCN1CC[C@H](CNC(=O)c2ccc(-c3ccncc3C)cc2)C1. The Morgan fingerprint density at radius 1 is 1.30 bits per heavy atom. The molecule has 1 aromatic carbocycles. The Bertz CT molecular complexity index is 745. The summed E-state index contributed by atoms with van der Waals surface area (Å²) in [5.41, 5.74) is 4.09. The number of methoxy groups -OCH3 is 1. The number of hydrogen-bond acceptors (Lipinski definition) is 4. The topological polar surface area (TPSA) is 54.5 Å². The molecule has 2 aromatic rings. The molecular weight excluding hydrogens is 338 g/mol. The summed E-state index contributed by atoms with van der Waals surface area (Å²) in [6.45, 7) is 6.85. The molecule has 1 fully saturated rings. The van der Waals surface area contributed by atoms with Gasteiger partial charge in [0.2, 0.25) is 0 Å². The minimum absolute atomic E-state index is 0.00540. The van der Waals surface area contributed by atoms with Gasteiger partial charge in [-0.25, -0.2) is 0 Å². The average molecular weight is 367 g/mol. The van der Waals surface area contributed by atoms with Crippen LogP contribution in [0.3, 0.4) is 0 Å². The summed E-state index contributed by atoms with van der Waals surface area (Å²) in [4.78, 5) is 19.0. The molecule has 1 aliphatic heterocycles. The van der Waals surface area contributed by atoms with Gasteiger partial charge in [-0.1, -0.05) is 12.1 Å². The summed E-state index contributed by atoms with van der Waals surface area (Å²) in [6.07, 6.45) is 5.87. The highest BCUT2D eigenvalue weighted by molar-refractivity contribution is 5.94. The number of rotatable bonds is 8. The van der Waals surface area contributed by atoms with Crippen molar-refractivity contribution >= 4 is 5.91 Å². The van der Waals surface area contributed by atoms with Crippen LogP contribution in [0.15, 0.2) is 42.7 Å². The fourth-order valence-electron chi connectivity index (χ4n) is 3.65. The molecule has 0 unspecified atom stereocenters. The van der Waals surface area contributed by atoms with Crippen LogP contribution >= 0.6 is 0 Å². The summed E-state index contributed by atoms with van der Waals surface area (Å²) in [6, 6.07) is 9.81. The number of aromatic nitrogens is 1. The molecule has 0 saturated carbocycles. The van der Waals surface area contributed by atoms with E-state index < -0.39 is 0 Å². The van der Waals surface area contributed by atoms with E-state index in [0.29, 0.717) is 11.5 Å². The molecule has 0 spiro atoms. The van der Waals surface area contributed by atoms with E-state index >= 15 is 0 Å². The lowest BCUT2D eigenvalue weighted by Gasteiger charge is -2.16. The first-order chi connectivity index (χ1) is 13.2. The molecule has 2 heterocycles. The number of nitrogens with zero attached hydrogens (tertiary/aromatic N) is 2. The van der Waals surface area contributed by atoms with Crippen LogP contribution in [-0.4, -0.2) is 55.7 Å². The third kappa shape index (κ3) is 5.37. The fourth-order valence-corrected chi connectivity index (χ4v) is 3.65. The Morgan fingerprint density at radius 3 is 2.85 bits per heavy atom. The van der Waals surface area contributed by atoms with Crippen LogP contribution < -0.4 is 5.32 Å². The zero-order chi connectivity index (χ0) is 19.1. The average Bonchev–Trinajstić information content (AvgIpc) is 3.15. The maximum Gasteiger partial charge on any atom is 0.251 e. The van der Waals surface area contributed by atoms with Crippen molar-refractivity contribution in [3.05, 3.63) is 53.9 Å². The maximum atomic E-state index is 12.5. The standard InChI is InChI=1S/C22H29N3O2/c1-17-14-23-10-8-21(17)19-4-6-20(7-5-19)22(26)24-15-18-9-12-25(16-18)11-3-13-27-2/h4-8,10,14,18H,3,9,11-13,15-16H2,1-2H3,(H,24,26)/t18-/m1/s1. The van der Waals surface area contributed by atoms with Gasteiger partial charge < -0.3 is 15.0 Å². The summed E-state index contributed by atoms with van der Waals surface area (Å²) in [7, 11) is 1.74. The minimum Gasteiger partial charge on any atom is -0.385 e. The van der Waals surface area contributed by atoms with Crippen molar-refractivity contribution in [1.29, 1.82) is 0 Å². The van der Waals surface area contributed by atoms with Crippen molar-refractivity contribution in [3.8, 4) is 11.1 Å². The third-order valence-corrected chi connectivity index (χ3v) is 5.22. The molecule has 1 atom stereocenters. The fraction of sp³-hybridized carbons (Fsp3) is 0.455. The largest absolute Gasteiger partial charge is 0.385 e. The van der Waals surface area contributed by atoms with Gasteiger partial charge in [0.05, 0.1) is 0 Å². The first-order valence-electron chi connectivity index (χ1n) is 9.68. The van der Waals surface area contributed by atoms with E-state index in [9.17, 15) is 4.79 Å². The van der Waals surface area contributed by atoms with Gasteiger partial charge in [0.15, 0.2) is 0 Å². The van der Waals surface area contributed by atoms with Crippen molar-refractivity contribution < 1.29 is 9.53 Å². The van der Waals surface area contributed by atoms with Gasteiger partial charge in [0, 0.05) is 51.3 Å². The predicted molar refractivity (Wildman–Crippen MR) is 108 cm³/mol. The smallest absolute Gasteiger partial charge is 0.251 e. The van der Waals surface area contributed by atoms with Gasteiger partial charge in [-0.2, -0.15) is 0 Å². The maximum absolute atomic E-state index is 12.5. The molecule has 1 N–H and O–H groups in total. The molecule has 1 aliphatic rings. The van der Waals surface area contributed by atoms with Crippen LogP contribution in [-0.2, 0) is 4.74 Å². The summed E-state index contributed by atoms with van der Waals surface area (Å²) in [5.74, 6) is 0.543. The number of hydrogen-bond donors (Lipinski definition) is 1. The number of likely N-dealkylation sites (tertiary alicyclic amines) is 1. The van der Waals surface area contributed by atoms with Gasteiger partial charge in [0.25, 0.3) is 5.91 Å². The first-order valence-corrected chi connectivity index (χ1v) is 9.68. The Balaban J connectivity index is 1.48. The van der Waals surface area contributed by atoms with Gasteiger partial charge in [-0.15, -0.1) is 0 Å². The highest BCUT2D eigenvalue weighted by Crippen LogP contribution is 2.22. The number of ether oxygens (including phenoxy) is 1. The monoisotopic (exact) mass is 367 g/mol. The van der Waals surface area contributed by atoms with E-state index in [0.717, 1.165) is 62.3 Å².